The minimum atomic E-state index is 0.924. The van der Waals surface area contributed by atoms with Crippen molar-refractivity contribution in [3.05, 3.63) is 230 Å². The summed E-state index contributed by atoms with van der Waals surface area (Å²) in [6.45, 7) is 0. The largest absolute Gasteiger partial charge is 0.311 e. The first-order valence-corrected chi connectivity index (χ1v) is 24.3. The van der Waals surface area contributed by atoms with E-state index < -0.39 is 0 Å². The minimum absolute atomic E-state index is 0.924. The topological polar surface area (TPSA) is 58.0 Å². The third-order valence-electron chi connectivity index (χ3n) is 12.2. The van der Waals surface area contributed by atoms with Crippen molar-refractivity contribution in [3.8, 4) is 54.9 Å². The van der Waals surface area contributed by atoms with E-state index in [4.69, 9.17) is 17.5 Å². The molecule has 0 saturated carbocycles. The van der Waals surface area contributed by atoms with Crippen LogP contribution in [0.25, 0.3) is 77.0 Å². The molecule has 0 saturated heterocycles. The molecule has 12 aromatic rings. The molecular formula is C58H38N6S3. The van der Waals surface area contributed by atoms with Crippen LogP contribution in [0.3, 0.4) is 0 Å². The molecule has 6 nitrogen and oxygen atoms in total. The highest BCUT2D eigenvalue weighted by molar-refractivity contribution is 7.13. The molecule has 9 heteroatoms. The summed E-state index contributed by atoms with van der Waals surface area (Å²) >= 11 is 4.25. The van der Waals surface area contributed by atoms with Crippen molar-refractivity contribution in [3.63, 3.8) is 0 Å². The Balaban J connectivity index is 0.818. The van der Waals surface area contributed by atoms with Gasteiger partial charge >= 0.3 is 0 Å². The van der Waals surface area contributed by atoms with E-state index >= 15 is 0 Å². The molecule has 318 valence electrons. The average Bonchev–Trinajstić information content (AvgIpc) is 4.23. The summed E-state index contributed by atoms with van der Waals surface area (Å²) in [6, 6.07) is 79.6. The van der Waals surface area contributed by atoms with Gasteiger partial charge in [-0.25, -0.2) is 0 Å². The maximum absolute atomic E-state index is 4.75. The molecular weight excluding hydrogens is 877 g/mol. The van der Waals surface area contributed by atoms with Crippen molar-refractivity contribution in [2.24, 2.45) is 0 Å². The number of para-hydroxylation sites is 2. The average molecular weight is 915 g/mol. The first-order valence-electron chi connectivity index (χ1n) is 22.0. The Morgan fingerprint density at radius 1 is 0.254 bits per heavy atom. The van der Waals surface area contributed by atoms with E-state index in [1.807, 2.05) is 6.07 Å². The van der Waals surface area contributed by atoms with Gasteiger partial charge in [-0.1, -0.05) is 146 Å². The van der Waals surface area contributed by atoms with Gasteiger partial charge in [-0.05, 0) is 112 Å². The zero-order valence-corrected chi connectivity index (χ0v) is 38.3. The van der Waals surface area contributed by atoms with Crippen molar-refractivity contribution in [1.29, 1.82) is 0 Å². The molecule has 0 amide bonds. The Bertz CT molecular complexity index is 3590. The monoisotopic (exact) mass is 914 g/mol. The maximum Gasteiger partial charge on any atom is 0.114 e. The van der Waals surface area contributed by atoms with Crippen LogP contribution in [0.15, 0.2) is 230 Å². The van der Waals surface area contributed by atoms with Crippen LogP contribution >= 0.6 is 34.8 Å². The highest BCUT2D eigenvalue weighted by Crippen LogP contribution is 2.42. The van der Waals surface area contributed by atoms with Gasteiger partial charge in [-0.15, -0.1) is 11.3 Å². The van der Waals surface area contributed by atoms with Gasteiger partial charge in [0.25, 0.3) is 0 Å². The van der Waals surface area contributed by atoms with Crippen molar-refractivity contribution >= 4 is 91.0 Å². The highest BCUT2D eigenvalue weighted by atomic mass is 32.1. The molecule has 0 aliphatic rings. The van der Waals surface area contributed by atoms with E-state index in [0.29, 0.717) is 0 Å². The van der Waals surface area contributed by atoms with E-state index in [2.05, 4.69) is 234 Å². The number of benzene rings is 9. The number of rotatable bonds is 11. The summed E-state index contributed by atoms with van der Waals surface area (Å²) in [4.78, 5) is 5.80. The number of anilines is 6. The Morgan fingerprint density at radius 3 is 0.940 bits per heavy atom. The second-order valence-electron chi connectivity index (χ2n) is 16.1. The molecule has 0 aliphatic heterocycles. The Kier molecular flexibility index (Phi) is 10.7. The number of aromatic nitrogens is 4. The third-order valence-corrected chi connectivity index (χ3v) is 14.1. The molecule has 0 N–H and O–H groups in total. The van der Waals surface area contributed by atoms with Gasteiger partial charge in [-0.3, -0.25) is 0 Å². The van der Waals surface area contributed by atoms with E-state index in [1.54, 1.807) is 11.3 Å². The minimum Gasteiger partial charge on any atom is -0.311 e. The number of fused-ring (bicyclic) bond motifs is 2. The fraction of sp³-hybridized carbons (Fsp3) is 0. The van der Waals surface area contributed by atoms with Crippen LogP contribution in [0, 0.1) is 0 Å². The first kappa shape index (κ1) is 40.4. The zero-order valence-electron chi connectivity index (χ0n) is 35.8. The van der Waals surface area contributed by atoms with Gasteiger partial charge in [0.05, 0.1) is 23.5 Å². The quantitative estimate of drug-likeness (QED) is 0.129. The second-order valence-corrected chi connectivity index (χ2v) is 18.1. The van der Waals surface area contributed by atoms with Crippen molar-refractivity contribution in [2.45, 2.75) is 0 Å². The lowest BCUT2D eigenvalue weighted by molar-refractivity contribution is 1.28. The van der Waals surface area contributed by atoms with E-state index in [1.165, 1.54) is 28.3 Å². The lowest BCUT2D eigenvalue weighted by Gasteiger charge is -2.26. The van der Waals surface area contributed by atoms with Crippen molar-refractivity contribution in [1.82, 2.24) is 17.5 Å². The Morgan fingerprint density at radius 2 is 0.567 bits per heavy atom. The Labute approximate surface area is 400 Å². The van der Waals surface area contributed by atoms with Crippen LogP contribution in [-0.4, -0.2) is 17.5 Å². The zero-order chi connectivity index (χ0) is 44.5. The molecule has 12 rings (SSSR count). The molecule has 0 fully saturated rings. The smallest absolute Gasteiger partial charge is 0.114 e. The number of hydrogen-bond donors (Lipinski definition) is 0. The number of nitrogens with zero attached hydrogens (tertiary/aromatic N) is 6. The maximum atomic E-state index is 4.75. The van der Waals surface area contributed by atoms with Gasteiger partial charge in [0.15, 0.2) is 0 Å². The standard InChI is InChI=1S/C58H38N6S3/c1-4-11-41(12-5-1)50-34-35-51(56-55(50)59-66-60-56)42-22-30-48(31-23-42)63(44-13-6-2-7-14-44)46-26-18-39(19-27-46)40-20-28-47(29-21-40)64(45-15-8-3-9-16-45)49-32-24-43(25-33-49)52-36-37-53(54-17-10-38-65-54)58-57(52)61-67-62-58/h1-38H. The highest BCUT2D eigenvalue weighted by Gasteiger charge is 2.19. The van der Waals surface area contributed by atoms with Crippen molar-refractivity contribution in [2.75, 3.05) is 9.80 Å². The second kappa shape index (κ2) is 17.7. The number of thiophene rings is 1. The summed E-state index contributed by atoms with van der Waals surface area (Å²) in [7, 11) is 0. The molecule has 0 aliphatic carbocycles. The summed E-state index contributed by atoms with van der Waals surface area (Å²) < 4.78 is 18.9. The summed E-state index contributed by atoms with van der Waals surface area (Å²) in [5.74, 6) is 0. The van der Waals surface area contributed by atoms with E-state index in [-0.39, 0.29) is 0 Å². The van der Waals surface area contributed by atoms with Crippen LogP contribution in [-0.2, 0) is 0 Å². The summed E-state index contributed by atoms with van der Waals surface area (Å²) in [5.41, 5.74) is 20.2. The summed E-state index contributed by atoms with van der Waals surface area (Å²) in [5, 5.41) is 2.10. The van der Waals surface area contributed by atoms with Gasteiger partial charge in [-0.2, -0.15) is 17.5 Å². The molecule has 9 aromatic carbocycles. The molecule has 3 heterocycles. The molecule has 0 spiro atoms. The lowest BCUT2D eigenvalue weighted by atomic mass is 9.97. The summed E-state index contributed by atoms with van der Waals surface area (Å²) in [6.07, 6.45) is 0. The normalized spacial score (nSPS) is 11.3. The molecule has 0 bridgehead atoms. The predicted octanol–water partition coefficient (Wildman–Crippen LogP) is 17.0. The molecule has 67 heavy (non-hydrogen) atoms. The molecule has 0 atom stereocenters. The fourth-order valence-corrected chi connectivity index (χ4v) is 10.8. The van der Waals surface area contributed by atoms with Crippen LogP contribution in [0.5, 0.6) is 0 Å². The van der Waals surface area contributed by atoms with Crippen LogP contribution in [0.4, 0.5) is 34.1 Å². The Hall–Kier alpha value is -8.08. The van der Waals surface area contributed by atoms with Gasteiger partial charge in [0.1, 0.15) is 22.1 Å². The van der Waals surface area contributed by atoms with Gasteiger partial charge in [0, 0.05) is 61.3 Å². The SMILES string of the molecule is c1ccc(-c2ccc(-c3ccc(N(c4ccccc4)c4ccc(-c5ccc(N(c6ccccc6)c6ccc(-c7ccc(-c8cccs8)c8nsnc78)cc6)cc5)cc4)cc3)c3nsnc23)cc1. The third kappa shape index (κ3) is 7.75. The van der Waals surface area contributed by atoms with Crippen LogP contribution < -0.4 is 9.80 Å². The van der Waals surface area contributed by atoms with Gasteiger partial charge in [0.2, 0.25) is 0 Å². The lowest BCUT2D eigenvalue weighted by Crippen LogP contribution is -2.10. The molecule has 0 radical (unpaired) electrons. The van der Waals surface area contributed by atoms with E-state index in [9.17, 15) is 0 Å². The predicted molar refractivity (Wildman–Crippen MR) is 283 cm³/mol. The molecule has 3 aromatic heterocycles. The first-order chi connectivity index (χ1) is 33.2. The van der Waals surface area contributed by atoms with Crippen molar-refractivity contribution < 1.29 is 0 Å². The fourth-order valence-electron chi connectivity index (χ4n) is 8.91. The number of hydrogen-bond acceptors (Lipinski definition) is 9. The van der Waals surface area contributed by atoms with E-state index in [0.717, 1.165) is 106 Å². The molecule has 0 unspecified atom stereocenters. The van der Waals surface area contributed by atoms with Gasteiger partial charge < -0.3 is 9.80 Å². The van der Waals surface area contributed by atoms with Crippen LogP contribution in [0.2, 0.25) is 0 Å². The van der Waals surface area contributed by atoms with Crippen LogP contribution in [0.1, 0.15) is 0 Å².